The van der Waals surface area contributed by atoms with Crippen molar-refractivity contribution in [3.05, 3.63) is 46.6 Å². The molecular formula is C28H35ClN6O2. The van der Waals surface area contributed by atoms with Gasteiger partial charge in [0, 0.05) is 29.6 Å². The summed E-state index contributed by atoms with van der Waals surface area (Å²) in [4.78, 5) is 21.7. The van der Waals surface area contributed by atoms with Gasteiger partial charge in [-0.1, -0.05) is 29.8 Å². The van der Waals surface area contributed by atoms with Crippen molar-refractivity contribution < 1.29 is 9.53 Å². The first-order valence-electron chi connectivity index (χ1n) is 13.1. The Morgan fingerprint density at radius 2 is 1.92 bits per heavy atom. The average Bonchev–Trinajstić information content (AvgIpc) is 2.83. The van der Waals surface area contributed by atoms with Gasteiger partial charge in [0.25, 0.3) is 0 Å². The Kier molecular flexibility index (Phi) is 6.93. The molecule has 4 aliphatic rings. The Labute approximate surface area is 223 Å². The van der Waals surface area contributed by atoms with Crippen LogP contribution >= 0.6 is 11.6 Å². The molecule has 0 radical (unpaired) electrons. The first-order chi connectivity index (χ1) is 17.6. The number of nitriles is 1. The van der Waals surface area contributed by atoms with Crippen LogP contribution in [0.4, 0.5) is 16.6 Å². The largest absolute Gasteiger partial charge is 0.444 e. The van der Waals surface area contributed by atoms with Crippen molar-refractivity contribution in [2.75, 3.05) is 17.2 Å². The molecular weight excluding hydrogens is 488 g/mol. The van der Waals surface area contributed by atoms with Crippen LogP contribution in [0.2, 0.25) is 5.02 Å². The van der Waals surface area contributed by atoms with Gasteiger partial charge in [-0.2, -0.15) is 10.2 Å². The third-order valence-corrected chi connectivity index (χ3v) is 8.41. The van der Waals surface area contributed by atoms with Crippen molar-refractivity contribution in [1.82, 2.24) is 15.3 Å². The summed E-state index contributed by atoms with van der Waals surface area (Å²) in [7, 11) is 0. The van der Waals surface area contributed by atoms with Crippen LogP contribution in [0.1, 0.15) is 64.0 Å². The summed E-state index contributed by atoms with van der Waals surface area (Å²) in [6.07, 6.45) is 6.90. The minimum Gasteiger partial charge on any atom is -0.444 e. The number of hydrogen-bond acceptors (Lipinski definition) is 7. The van der Waals surface area contributed by atoms with Gasteiger partial charge in [0.15, 0.2) is 0 Å². The Bertz CT molecular complexity index is 1190. The molecule has 4 bridgehead atoms. The van der Waals surface area contributed by atoms with Crippen molar-refractivity contribution in [3.8, 4) is 6.07 Å². The predicted octanol–water partition coefficient (Wildman–Crippen LogP) is 5.75. The predicted molar refractivity (Wildman–Crippen MR) is 143 cm³/mol. The zero-order chi connectivity index (χ0) is 26.2. The Morgan fingerprint density at radius 3 is 2.59 bits per heavy atom. The molecule has 37 heavy (non-hydrogen) atoms. The van der Waals surface area contributed by atoms with E-state index in [-0.39, 0.29) is 17.6 Å². The molecule has 4 fully saturated rings. The molecule has 196 valence electrons. The van der Waals surface area contributed by atoms with Crippen LogP contribution in [0.25, 0.3) is 0 Å². The summed E-state index contributed by atoms with van der Waals surface area (Å²) in [5, 5.41) is 20.3. The molecule has 1 aromatic carbocycles. The summed E-state index contributed by atoms with van der Waals surface area (Å²) in [5.41, 5.74) is 0.687. The van der Waals surface area contributed by atoms with E-state index >= 15 is 0 Å². The first-order valence-corrected chi connectivity index (χ1v) is 13.5. The number of alkyl carbamates (subject to hydrolysis) is 1. The summed E-state index contributed by atoms with van der Waals surface area (Å²) >= 11 is 6.28. The third-order valence-electron chi connectivity index (χ3n) is 8.04. The zero-order valence-electron chi connectivity index (χ0n) is 21.7. The minimum atomic E-state index is -0.544. The molecule has 3 N–H and O–H groups in total. The number of hydrogen-bond donors (Lipinski definition) is 3. The van der Waals surface area contributed by atoms with Crippen LogP contribution in [-0.4, -0.2) is 34.2 Å². The Balaban J connectivity index is 1.33. The fourth-order valence-electron chi connectivity index (χ4n) is 6.93. The van der Waals surface area contributed by atoms with Crippen molar-refractivity contribution in [2.45, 2.75) is 71.1 Å². The fraction of sp³-hybridized carbons (Fsp3) is 0.571. The van der Waals surface area contributed by atoms with Crippen molar-refractivity contribution in [3.63, 3.8) is 0 Å². The monoisotopic (exact) mass is 522 g/mol. The van der Waals surface area contributed by atoms with Crippen LogP contribution in [0.15, 0.2) is 30.5 Å². The molecule has 6 rings (SSSR count). The molecule has 2 aromatic rings. The molecule has 0 spiro atoms. The minimum absolute atomic E-state index is 0.0350. The highest BCUT2D eigenvalue weighted by Gasteiger charge is 2.57. The molecule has 4 saturated carbocycles. The van der Waals surface area contributed by atoms with Gasteiger partial charge in [-0.25, -0.2) is 9.78 Å². The number of nitrogens with zero attached hydrogens (tertiary/aromatic N) is 3. The van der Waals surface area contributed by atoms with Crippen molar-refractivity contribution in [2.24, 2.45) is 23.2 Å². The van der Waals surface area contributed by atoms with Crippen molar-refractivity contribution >= 4 is 29.5 Å². The topological polar surface area (TPSA) is 112 Å². The molecule has 1 amide bonds. The number of nitrogens with one attached hydrogen (secondary N) is 3. The number of halogens is 1. The lowest BCUT2D eigenvalue weighted by Gasteiger charge is -2.61. The maximum absolute atomic E-state index is 12.8. The molecule has 8 nitrogen and oxygen atoms in total. The maximum atomic E-state index is 12.8. The summed E-state index contributed by atoms with van der Waals surface area (Å²) in [6, 6.07) is 9.86. The van der Waals surface area contributed by atoms with E-state index in [4.69, 9.17) is 16.3 Å². The van der Waals surface area contributed by atoms with E-state index in [0.717, 1.165) is 31.2 Å². The Morgan fingerprint density at radius 1 is 1.19 bits per heavy atom. The smallest absolute Gasteiger partial charge is 0.407 e. The molecule has 1 heterocycles. The van der Waals surface area contributed by atoms with E-state index in [1.165, 1.54) is 6.42 Å². The van der Waals surface area contributed by atoms with E-state index in [1.54, 1.807) is 6.20 Å². The quantitative estimate of drug-likeness (QED) is 0.424. The van der Waals surface area contributed by atoms with Crippen LogP contribution in [0.5, 0.6) is 0 Å². The number of aromatic nitrogens is 2. The number of amides is 1. The molecule has 1 aromatic heterocycles. The van der Waals surface area contributed by atoms with E-state index in [9.17, 15) is 10.1 Å². The van der Waals surface area contributed by atoms with Gasteiger partial charge in [-0.3, -0.25) is 0 Å². The third kappa shape index (κ3) is 5.62. The van der Waals surface area contributed by atoms with Gasteiger partial charge in [0.1, 0.15) is 23.1 Å². The average molecular weight is 523 g/mol. The molecule has 3 unspecified atom stereocenters. The van der Waals surface area contributed by atoms with Gasteiger partial charge in [-0.05, 0) is 82.3 Å². The number of carbonyl (C=O) groups is 1. The van der Waals surface area contributed by atoms with Crippen molar-refractivity contribution in [1.29, 1.82) is 5.26 Å². The number of anilines is 2. The van der Waals surface area contributed by atoms with Crippen LogP contribution in [-0.2, 0) is 11.3 Å². The van der Waals surface area contributed by atoms with Crippen LogP contribution in [0, 0.1) is 34.5 Å². The normalized spacial score (nSPS) is 27.9. The van der Waals surface area contributed by atoms with Gasteiger partial charge in [0.05, 0.1) is 6.20 Å². The van der Waals surface area contributed by atoms with Crippen LogP contribution in [0.3, 0.4) is 0 Å². The molecule has 0 aliphatic heterocycles. The summed E-state index contributed by atoms with van der Waals surface area (Å²) < 4.78 is 5.62. The van der Waals surface area contributed by atoms with Gasteiger partial charge in [-0.15, -0.1) is 0 Å². The molecule has 4 aliphatic carbocycles. The van der Waals surface area contributed by atoms with E-state index in [0.29, 0.717) is 53.2 Å². The van der Waals surface area contributed by atoms with Gasteiger partial charge >= 0.3 is 6.09 Å². The number of ether oxygens (including phenoxy) is 1. The van der Waals surface area contributed by atoms with E-state index in [1.807, 2.05) is 45.0 Å². The molecule has 9 heteroatoms. The van der Waals surface area contributed by atoms with Crippen LogP contribution < -0.4 is 16.0 Å². The maximum Gasteiger partial charge on any atom is 0.407 e. The number of carbonyl (C=O) groups excluding carboxylic acids is 1. The lowest BCUT2D eigenvalue weighted by atomic mass is 9.47. The van der Waals surface area contributed by atoms with Gasteiger partial charge < -0.3 is 20.7 Å². The van der Waals surface area contributed by atoms with Gasteiger partial charge in [0.2, 0.25) is 5.95 Å². The SMILES string of the molecule is CC(C)(C)OC(=O)N[C@H]1C2CC3C[C@@H](C2)CC1(CNc1nc(NCc2ccccc2Cl)ncc1C#N)C3. The summed E-state index contributed by atoms with van der Waals surface area (Å²) in [6.45, 7) is 6.76. The Hall–Kier alpha value is -3.05. The zero-order valence-corrected chi connectivity index (χ0v) is 22.4. The highest BCUT2D eigenvalue weighted by molar-refractivity contribution is 6.31. The lowest BCUT2D eigenvalue weighted by Crippen LogP contribution is -2.64. The highest BCUT2D eigenvalue weighted by atomic mass is 35.5. The summed E-state index contributed by atoms with van der Waals surface area (Å²) in [5.74, 6) is 2.75. The standard InChI is InChI=1S/C28H35ClN6O2/c1-27(2,3)37-26(36)34-23-20-9-17-8-18(10-20)12-28(23,11-17)16-33-24-21(13-30)15-32-25(35-24)31-14-19-6-4-5-7-22(19)29/h4-7,15,17-18,20,23H,8-12,14,16H2,1-3H3,(H,34,36)(H2,31,32,33,35)/t17-,18?,20?,23-,28?/m0/s1. The second-order valence-electron chi connectivity index (χ2n) is 12.0. The highest BCUT2D eigenvalue weighted by Crippen LogP contribution is 2.60. The number of rotatable bonds is 7. The lowest BCUT2D eigenvalue weighted by molar-refractivity contribution is -0.0778. The number of benzene rings is 1. The second kappa shape index (κ2) is 10.0. The first kappa shape index (κ1) is 25.6. The van der Waals surface area contributed by atoms with E-state index < -0.39 is 5.60 Å². The van der Waals surface area contributed by atoms with E-state index in [2.05, 4.69) is 32.0 Å². The molecule has 0 saturated heterocycles. The second-order valence-corrected chi connectivity index (χ2v) is 12.4. The molecule has 5 atom stereocenters. The fourth-order valence-corrected chi connectivity index (χ4v) is 7.13.